The van der Waals surface area contributed by atoms with Gasteiger partial charge in [0.05, 0.1) is 12.6 Å². The standard InChI is InChI=1S/C15H23NO3/c1-4-12(2)14(10-17)16(3)15(18)19-11-13-8-6-5-7-9-13/h5-9,12,14,17H,4,10-11H2,1-3H3/t12-,14?/m0/s1. The molecular formula is C15H23NO3. The number of amides is 1. The molecule has 1 aromatic carbocycles. The van der Waals surface area contributed by atoms with Crippen LogP contribution in [-0.2, 0) is 11.3 Å². The molecule has 0 aromatic heterocycles. The minimum Gasteiger partial charge on any atom is -0.445 e. The van der Waals surface area contributed by atoms with Crippen LogP contribution >= 0.6 is 0 Å². The van der Waals surface area contributed by atoms with Crippen molar-refractivity contribution in [3.8, 4) is 0 Å². The monoisotopic (exact) mass is 265 g/mol. The molecule has 4 heteroatoms. The highest BCUT2D eigenvalue weighted by Gasteiger charge is 2.24. The van der Waals surface area contributed by atoms with Gasteiger partial charge in [0.25, 0.3) is 0 Å². The maximum Gasteiger partial charge on any atom is 0.410 e. The second kappa shape index (κ2) is 7.79. The van der Waals surface area contributed by atoms with E-state index in [0.29, 0.717) is 0 Å². The van der Waals surface area contributed by atoms with Crippen LogP contribution in [-0.4, -0.2) is 35.8 Å². The summed E-state index contributed by atoms with van der Waals surface area (Å²) in [5.74, 6) is 0.235. The molecule has 0 spiro atoms. The number of hydrogen-bond acceptors (Lipinski definition) is 3. The molecular weight excluding hydrogens is 242 g/mol. The zero-order chi connectivity index (χ0) is 14.3. The number of rotatable bonds is 6. The third-order valence-electron chi connectivity index (χ3n) is 3.48. The highest BCUT2D eigenvalue weighted by Crippen LogP contribution is 2.14. The summed E-state index contributed by atoms with van der Waals surface area (Å²) < 4.78 is 5.24. The minimum absolute atomic E-state index is 0.0497. The molecule has 0 saturated heterocycles. The summed E-state index contributed by atoms with van der Waals surface area (Å²) >= 11 is 0. The maximum absolute atomic E-state index is 11.9. The number of aliphatic hydroxyl groups excluding tert-OH is 1. The molecule has 1 unspecified atom stereocenters. The second-order valence-electron chi connectivity index (χ2n) is 4.79. The summed E-state index contributed by atoms with van der Waals surface area (Å²) in [7, 11) is 1.67. The summed E-state index contributed by atoms with van der Waals surface area (Å²) in [5, 5.41) is 9.38. The fraction of sp³-hybridized carbons (Fsp3) is 0.533. The maximum atomic E-state index is 11.9. The molecule has 0 saturated carbocycles. The van der Waals surface area contributed by atoms with E-state index in [9.17, 15) is 9.90 Å². The third-order valence-corrected chi connectivity index (χ3v) is 3.48. The van der Waals surface area contributed by atoms with Crippen LogP contribution in [0.25, 0.3) is 0 Å². The molecule has 0 radical (unpaired) electrons. The van der Waals surface area contributed by atoms with E-state index in [0.717, 1.165) is 12.0 Å². The molecule has 1 aromatic rings. The van der Waals surface area contributed by atoms with E-state index >= 15 is 0 Å². The SMILES string of the molecule is CC[C@H](C)C(CO)N(C)C(=O)OCc1ccccc1. The van der Waals surface area contributed by atoms with Crippen molar-refractivity contribution in [3.63, 3.8) is 0 Å². The average molecular weight is 265 g/mol. The summed E-state index contributed by atoms with van der Waals surface area (Å²) in [6, 6.07) is 9.35. The lowest BCUT2D eigenvalue weighted by atomic mass is 9.99. The Morgan fingerprint density at radius 1 is 1.37 bits per heavy atom. The lowest BCUT2D eigenvalue weighted by Crippen LogP contribution is -2.43. The van der Waals surface area contributed by atoms with Gasteiger partial charge in [-0.3, -0.25) is 0 Å². The smallest absolute Gasteiger partial charge is 0.410 e. The predicted octanol–water partition coefficient (Wildman–Crippen LogP) is 2.66. The Hall–Kier alpha value is -1.55. The van der Waals surface area contributed by atoms with Gasteiger partial charge in [-0.1, -0.05) is 50.6 Å². The molecule has 2 atom stereocenters. The van der Waals surface area contributed by atoms with E-state index in [2.05, 4.69) is 0 Å². The first-order valence-electron chi connectivity index (χ1n) is 6.64. The van der Waals surface area contributed by atoms with Crippen LogP contribution in [0.2, 0.25) is 0 Å². The number of carbonyl (C=O) groups is 1. The topological polar surface area (TPSA) is 49.8 Å². The fourth-order valence-corrected chi connectivity index (χ4v) is 1.91. The van der Waals surface area contributed by atoms with Crippen molar-refractivity contribution >= 4 is 6.09 Å². The molecule has 1 amide bonds. The van der Waals surface area contributed by atoms with Gasteiger partial charge in [-0.2, -0.15) is 0 Å². The predicted molar refractivity (Wildman–Crippen MR) is 74.7 cm³/mol. The lowest BCUT2D eigenvalue weighted by molar-refractivity contribution is 0.0602. The van der Waals surface area contributed by atoms with E-state index < -0.39 is 6.09 Å². The fourth-order valence-electron chi connectivity index (χ4n) is 1.91. The Kier molecular flexibility index (Phi) is 6.36. The van der Waals surface area contributed by atoms with Gasteiger partial charge in [0.1, 0.15) is 6.61 Å². The quantitative estimate of drug-likeness (QED) is 0.860. The number of carbonyl (C=O) groups excluding carboxylic acids is 1. The first kappa shape index (κ1) is 15.5. The van der Waals surface area contributed by atoms with E-state index in [-0.39, 0.29) is 25.2 Å². The van der Waals surface area contributed by atoms with E-state index in [1.165, 1.54) is 4.90 Å². The number of nitrogens with zero attached hydrogens (tertiary/aromatic N) is 1. The second-order valence-corrected chi connectivity index (χ2v) is 4.79. The summed E-state index contributed by atoms with van der Waals surface area (Å²) in [5.41, 5.74) is 0.952. The van der Waals surface area contributed by atoms with Crippen LogP contribution in [0.5, 0.6) is 0 Å². The van der Waals surface area contributed by atoms with Crippen molar-refractivity contribution in [1.82, 2.24) is 4.90 Å². The molecule has 106 valence electrons. The van der Waals surface area contributed by atoms with E-state index in [1.807, 2.05) is 44.2 Å². The van der Waals surface area contributed by atoms with Gasteiger partial charge in [0, 0.05) is 7.05 Å². The zero-order valence-electron chi connectivity index (χ0n) is 11.9. The Morgan fingerprint density at radius 2 is 2.00 bits per heavy atom. The molecule has 4 nitrogen and oxygen atoms in total. The molecule has 0 aliphatic carbocycles. The van der Waals surface area contributed by atoms with E-state index in [1.54, 1.807) is 7.05 Å². The van der Waals surface area contributed by atoms with Gasteiger partial charge >= 0.3 is 6.09 Å². The van der Waals surface area contributed by atoms with Crippen molar-refractivity contribution < 1.29 is 14.6 Å². The summed E-state index contributed by atoms with van der Waals surface area (Å²) in [4.78, 5) is 13.4. The molecule has 1 rings (SSSR count). The van der Waals surface area contributed by atoms with Crippen LogP contribution in [0.1, 0.15) is 25.8 Å². The highest BCUT2D eigenvalue weighted by molar-refractivity contribution is 5.67. The number of likely N-dealkylation sites (N-methyl/N-ethyl adjacent to an activating group) is 1. The van der Waals surface area contributed by atoms with Crippen LogP contribution in [0, 0.1) is 5.92 Å². The third kappa shape index (κ3) is 4.56. The zero-order valence-corrected chi connectivity index (χ0v) is 11.9. The van der Waals surface area contributed by atoms with Gasteiger partial charge < -0.3 is 14.7 Å². The van der Waals surface area contributed by atoms with Gasteiger partial charge in [-0.25, -0.2) is 4.79 Å². The number of hydrogen-bond donors (Lipinski definition) is 1. The van der Waals surface area contributed by atoms with Gasteiger partial charge in [0.2, 0.25) is 0 Å². The molecule has 0 heterocycles. The normalized spacial score (nSPS) is 13.7. The largest absolute Gasteiger partial charge is 0.445 e. The Morgan fingerprint density at radius 3 is 2.53 bits per heavy atom. The van der Waals surface area contributed by atoms with Crippen LogP contribution in [0.4, 0.5) is 4.79 Å². The van der Waals surface area contributed by atoms with Crippen LogP contribution in [0.3, 0.4) is 0 Å². The Bertz CT molecular complexity index is 380. The van der Waals surface area contributed by atoms with Crippen molar-refractivity contribution in [2.45, 2.75) is 32.9 Å². The van der Waals surface area contributed by atoms with Gasteiger partial charge in [0.15, 0.2) is 0 Å². The molecule has 0 aliphatic rings. The first-order chi connectivity index (χ1) is 9.10. The first-order valence-corrected chi connectivity index (χ1v) is 6.64. The summed E-state index contributed by atoms with van der Waals surface area (Å²) in [6.07, 6.45) is 0.504. The van der Waals surface area contributed by atoms with Gasteiger partial charge in [-0.15, -0.1) is 0 Å². The van der Waals surface area contributed by atoms with Crippen LogP contribution in [0.15, 0.2) is 30.3 Å². The molecule has 0 fully saturated rings. The highest BCUT2D eigenvalue weighted by atomic mass is 16.6. The van der Waals surface area contributed by atoms with Crippen molar-refractivity contribution in [1.29, 1.82) is 0 Å². The number of ether oxygens (including phenoxy) is 1. The van der Waals surface area contributed by atoms with Gasteiger partial charge in [-0.05, 0) is 11.5 Å². The Labute approximate surface area is 115 Å². The molecule has 0 bridgehead atoms. The molecule has 0 aliphatic heterocycles. The summed E-state index contributed by atoms with van der Waals surface area (Å²) in [6.45, 7) is 4.26. The van der Waals surface area contributed by atoms with Crippen molar-refractivity contribution in [3.05, 3.63) is 35.9 Å². The minimum atomic E-state index is -0.400. The number of aliphatic hydroxyl groups is 1. The molecule has 1 N–H and O–H groups in total. The average Bonchev–Trinajstić information content (AvgIpc) is 2.46. The van der Waals surface area contributed by atoms with Crippen LogP contribution < -0.4 is 0 Å². The van der Waals surface area contributed by atoms with Crippen molar-refractivity contribution in [2.75, 3.05) is 13.7 Å². The Balaban J connectivity index is 2.52. The molecule has 19 heavy (non-hydrogen) atoms. The van der Waals surface area contributed by atoms with E-state index in [4.69, 9.17) is 4.74 Å². The lowest BCUT2D eigenvalue weighted by Gasteiger charge is -2.30. The van der Waals surface area contributed by atoms with Crippen molar-refractivity contribution in [2.24, 2.45) is 5.92 Å². The number of benzene rings is 1.